The van der Waals surface area contributed by atoms with Gasteiger partial charge in [-0.3, -0.25) is 4.79 Å². The number of rotatable bonds is 22. The van der Waals surface area contributed by atoms with Gasteiger partial charge in [-0.25, -0.2) is 9.69 Å². The third-order valence-electron chi connectivity index (χ3n) is 8.86. The summed E-state index contributed by atoms with van der Waals surface area (Å²) >= 11 is 0. The molecule has 4 nitrogen and oxygen atoms in total. The number of amides is 2. The SMILES string of the molecule is CCCCCCCCCCCCCCCCCCN(C(=O)O)C(=O)/C=C(C)/C=C/C=C(C)/C=C/C1=C(C)CCCC1(C)C. The summed E-state index contributed by atoms with van der Waals surface area (Å²) in [5.41, 5.74) is 5.01. The van der Waals surface area contributed by atoms with Crippen LogP contribution in [0.1, 0.15) is 164 Å². The molecule has 0 saturated heterocycles. The van der Waals surface area contributed by atoms with Crippen LogP contribution >= 0.6 is 0 Å². The molecule has 0 atom stereocenters. The van der Waals surface area contributed by atoms with Crippen LogP contribution in [0.15, 0.2) is 58.7 Å². The van der Waals surface area contributed by atoms with Crippen LogP contribution in [0, 0.1) is 5.41 Å². The van der Waals surface area contributed by atoms with Gasteiger partial charge in [-0.15, -0.1) is 0 Å². The van der Waals surface area contributed by atoms with Crippen LogP contribution in [0.4, 0.5) is 4.79 Å². The van der Waals surface area contributed by atoms with Crippen LogP contribution in [-0.4, -0.2) is 28.6 Å². The van der Waals surface area contributed by atoms with E-state index in [1.807, 2.05) is 25.2 Å². The first-order chi connectivity index (χ1) is 20.6. The van der Waals surface area contributed by atoms with Crippen molar-refractivity contribution < 1.29 is 14.7 Å². The highest BCUT2D eigenvalue weighted by molar-refractivity contribution is 5.98. The van der Waals surface area contributed by atoms with Crippen molar-refractivity contribution in [2.24, 2.45) is 5.41 Å². The van der Waals surface area contributed by atoms with Gasteiger partial charge < -0.3 is 5.11 Å². The van der Waals surface area contributed by atoms with Gasteiger partial charge >= 0.3 is 6.09 Å². The predicted molar refractivity (Wildman–Crippen MR) is 185 cm³/mol. The maximum atomic E-state index is 12.7. The van der Waals surface area contributed by atoms with Crippen LogP contribution in [0.25, 0.3) is 0 Å². The molecule has 0 aliphatic heterocycles. The quantitative estimate of drug-likeness (QED) is 0.0769. The number of unbranched alkanes of at least 4 members (excludes halogenated alkanes) is 15. The lowest BCUT2D eigenvalue weighted by Crippen LogP contribution is -2.35. The Morgan fingerprint density at radius 1 is 0.791 bits per heavy atom. The topological polar surface area (TPSA) is 57.6 Å². The Balaban J connectivity index is 2.30. The van der Waals surface area contributed by atoms with Crippen molar-refractivity contribution in [3.8, 4) is 0 Å². The number of nitrogens with zero attached hydrogens (tertiary/aromatic N) is 1. The zero-order chi connectivity index (χ0) is 31.9. The van der Waals surface area contributed by atoms with Crippen LogP contribution in [0.3, 0.4) is 0 Å². The molecule has 0 fully saturated rings. The van der Waals surface area contributed by atoms with E-state index >= 15 is 0 Å². The van der Waals surface area contributed by atoms with Gasteiger partial charge in [0.25, 0.3) is 5.91 Å². The average Bonchev–Trinajstić information content (AvgIpc) is 2.93. The lowest BCUT2D eigenvalue weighted by Gasteiger charge is -2.32. The first kappa shape index (κ1) is 38.7. The number of carbonyl (C=O) groups excluding carboxylic acids is 1. The third kappa shape index (κ3) is 18.1. The predicted octanol–water partition coefficient (Wildman–Crippen LogP) is 12.3. The van der Waals surface area contributed by atoms with Gasteiger partial charge in [0.05, 0.1) is 0 Å². The second kappa shape index (κ2) is 23.1. The number of imide groups is 1. The molecule has 0 unspecified atom stereocenters. The number of carbonyl (C=O) groups is 2. The number of allylic oxidation sites excluding steroid dienone is 9. The monoisotopic (exact) mass is 595 g/mol. The highest BCUT2D eigenvalue weighted by Crippen LogP contribution is 2.40. The fourth-order valence-electron chi connectivity index (χ4n) is 6.07. The first-order valence-electron chi connectivity index (χ1n) is 17.5. The number of hydrogen-bond donors (Lipinski definition) is 1. The summed E-state index contributed by atoms with van der Waals surface area (Å²) in [4.78, 5) is 25.3. The van der Waals surface area contributed by atoms with Gasteiger partial charge in [0.1, 0.15) is 0 Å². The fourth-order valence-corrected chi connectivity index (χ4v) is 6.07. The van der Waals surface area contributed by atoms with E-state index in [-0.39, 0.29) is 12.0 Å². The zero-order valence-electron chi connectivity index (χ0n) is 28.8. The van der Waals surface area contributed by atoms with Gasteiger partial charge in [0.2, 0.25) is 0 Å². The molecule has 0 aromatic heterocycles. The Labute approximate surface area is 265 Å². The van der Waals surface area contributed by atoms with Gasteiger partial charge in [-0.2, -0.15) is 0 Å². The molecule has 0 radical (unpaired) electrons. The standard InChI is InChI=1S/C39H65NO3/c1-7-8-9-10-11-12-13-14-15-16-17-18-19-20-21-22-31-40(38(42)43)37(41)32-34(3)26-23-25-33(2)28-29-36-35(4)27-24-30-39(36,5)6/h23,25-26,28-29,32H,7-22,24,27,30-31H2,1-6H3,(H,42,43)/b26-23+,29-28+,33-25+,34-32+. The third-order valence-corrected chi connectivity index (χ3v) is 8.86. The Morgan fingerprint density at radius 2 is 1.30 bits per heavy atom. The first-order valence-corrected chi connectivity index (χ1v) is 17.5. The molecule has 0 aromatic rings. The molecule has 244 valence electrons. The molecule has 0 aromatic carbocycles. The fraction of sp³-hybridized carbons (Fsp3) is 0.692. The zero-order valence-corrected chi connectivity index (χ0v) is 28.8. The summed E-state index contributed by atoms with van der Waals surface area (Å²) in [6.45, 7) is 13.3. The molecule has 0 bridgehead atoms. The van der Waals surface area contributed by atoms with Crippen molar-refractivity contribution in [1.82, 2.24) is 4.90 Å². The maximum Gasteiger partial charge on any atom is 0.414 e. The molecule has 1 aliphatic carbocycles. The van der Waals surface area contributed by atoms with E-state index < -0.39 is 12.0 Å². The van der Waals surface area contributed by atoms with Gasteiger partial charge in [-0.05, 0) is 63.0 Å². The summed E-state index contributed by atoms with van der Waals surface area (Å²) in [5, 5.41) is 9.59. The lowest BCUT2D eigenvalue weighted by atomic mass is 9.72. The van der Waals surface area contributed by atoms with E-state index in [9.17, 15) is 14.7 Å². The molecular weight excluding hydrogens is 530 g/mol. The van der Waals surface area contributed by atoms with Crippen LogP contribution in [0.5, 0.6) is 0 Å². The summed E-state index contributed by atoms with van der Waals surface area (Å²) in [6.07, 6.45) is 34.5. The second-order valence-electron chi connectivity index (χ2n) is 13.5. The molecule has 1 rings (SSSR count). The van der Waals surface area contributed by atoms with E-state index in [0.29, 0.717) is 0 Å². The minimum absolute atomic E-state index is 0.219. The molecule has 0 heterocycles. The smallest absolute Gasteiger partial charge is 0.414 e. The molecular formula is C39H65NO3. The van der Waals surface area contributed by atoms with Crippen LogP contribution in [-0.2, 0) is 4.79 Å². The van der Waals surface area contributed by atoms with Crippen molar-refractivity contribution in [3.63, 3.8) is 0 Å². The van der Waals surface area contributed by atoms with E-state index in [4.69, 9.17) is 0 Å². The Kier molecular flexibility index (Phi) is 20.8. The van der Waals surface area contributed by atoms with E-state index in [1.165, 1.54) is 120 Å². The van der Waals surface area contributed by atoms with E-state index in [2.05, 4.69) is 46.8 Å². The van der Waals surface area contributed by atoms with Gasteiger partial charge in [-0.1, -0.05) is 159 Å². The maximum absolute atomic E-state index is 12.7. The van der Waals surface area contributed by atoms with Crippen LogP contribution < -0.4 is 0 Å². The number of hydrogen-bond acceptors (Lipinski definition) is 2. The summed E-state index contributed by atoms with van der Waals surface area (Å²) in [6, 6.07) is 0. The van der Waals surface area contributed by atoms with Crippen molar-refractivity contribution in [2.45, 2.75) is 164 Å². The van der Waals surface area contributed by atoms with E-state index in [1.54, 1.807) is 0 Å². The summed E-state index contributed by atoms with van der Waals surface area (Å²) < 4.78 is 0. The summed E-state index contributed by atoms with van der Waals surface area (Å²) in [5.74, 6) is -0.460. The van der Waals surface area contributed by atoms with Gasteiger partial charge in [0, 0.05) is 12.6 Å². The average molecular weight is 596 g/mol. The van der Waals surface area contributed by atoms with Crippen molar-refractivity contribution in [1.29, 1.82) is 0 Å². The van der Waals surface area contributed by atoms with Crippen molar-refractivity contribution >= 4 is 12.0 Å². The molecule has 1 N–H and O–H groups in total. The second-order valence-corrected chi connectivity index (χ2v) is 13.5. The minimum Gasteiger partial charge on any atom is -0.465 e. The van der Waals surface area contributed by atoms with Crippen molar-refractivity contribution in [3.05, 3.63) is 58.7 Å². The van der Waals surface area contributed by atoms with E-state index in [0.717, 1.165) is 35.3 Å². The molecule has 2 amide bonds. The number of carboxylic acid groups (broad SMARTS) is 1. The highest BCUT2D eigenvalue weighted by Gasteiger charge is 2.26. The molecule has 0 spiro atoms. The lowest BCUT2D eigenvalue weighted by molar-refractivity contribution is -0.124. The highest BCUT2D eigenvalue weighted by atomic mass is 16.4. The molecule has 1 aliphatic rings. The molecule has 43 heavy (non-hydrogen) atoms. The molecule has 4 heteroatoms. The molecule has 0 saturated carbocycles. The minimum atomic E-state index is -1.17. The largest absolute Gasteiger partial charge is 0.465 e. The van der Waals surface area contributed by atoms with Crippen LogP contribution in [0.2, 0.25) is 0 Å². The Hall–Kier alpha value is -2.36. The normalized spacial score (nSPS) is 16.0. The Bertz CT molecular complexity index is 963. The Morgan fingerprint density at radius 3 is 1.79 bits per heavy atom. The van der Waals surface area contributed by atoms with Gasteiger partial charge in [0.15, 0.2) is 0 Å². The van der Waals surface area contributed by atoms with Crippen molar-refractivity contribution in [2.75, 3.05) is 6.54 Å². The summed E-state index contributed by atoms with van der Waals surface area (Å²) in [7, 11) is 0.